The van der Waals surface area contributed by atoms with Gasteiger partial charge >= 0.3 is 0 Å². The van der Waals surface area contributed by atoms with Gasteiger partial charge in [0.1, 0.15) is 17.9 Å². The molecule has 0 radical (unpaired) electrons. The van der Waals surface area contributed by atoms with Gasteiger partial charge in [0.05, 0.1) is 12.8 Å². The first-order valence-electron chi connectivity index (χ1n) is 7.21. The molecule has 0 bridgehead atoms. The number of nitrogens with zero attached hydrogens (tertiary/aromatic N) is 1. The molecule has 116 valence electrons. The zero-order valence-corrected chi connectivity index (χ0v) is 12.9. The summed E-state index contributed by atoms with van der Waals surface area (Å²) >= 11 is 0. The van der Waals surface area contributed by atoms with Crippen LogP contribution in [0.4, 0.5) is 10.1 Å². The Bertz CT molecular complexity index is 625. The van der Waals surface area contributed by atoms with Crippen LogP contribution in [0.15, 0.2) is 42.5 Å². The van der Waals surface area contributed by atoms with Gasteiger partial charge in [0, 0.05) is 19.5 Å². The summed E-state index contributed by atoms with van der Waals surface area (Å²) in [5.41, 5.74) is 2.43. The number of aryl methyl sites for hydroxylation is 1. The van der Waals surface area contributed by atoms with Crippen molar-refractivity contribution in [1.82, 2.24) is 0 Å². The molecule has 22 heavy (non-hydrogen) atoms. The number of halogens is 1. The van der Waals surface area contributed by atoms with Crippen molar-refractivity contribution in [2.45, 2.75) is 19.9 Å². The van der Waals surface area contributed by atoms with Crippen LogP contribution in [-0.4, -0.2) is 19.9 Å². The fourth-order valence-electron chi connectivity index (χ4n) is 2.31. The highest BCUT2D eigenvalue weighted by molar-refractivity contribution is 5.54. The maximum Gasteiger partial charge on any atom is 0.146 e. The maximum atomic E-state index is 14.2. The summed E-state index contributed by atoms with van der Waals surface area (Å²) in [7, 11) is 1.62. The Morgan fingerprint density at radius 2 is 1.91 bits per heavy atom. The number of aldehydes is 1. The number of hydrogen-bond acceptors (Lipinski definition) is 3. The van der Waals surface area contributed by atoms with Crippen molar-refractivity contribution >= 4 is 12.0 Å². The molecular formula is C18H20FNO2. The molecule has 3 nitrogen and oxygen atoms in total. The lowest BCUT2D eigenvalue weighted by Gasteiger charge is -2.25. The lowest BCUT2D eigenvalue weighted by Crippen LogP contribution is -2.25. The minimum atomic E-state index is -0.264. The lowest BCUT2D eigenvalue weighted by molar-refractivity contribution is -0.107. The van der Waals surface area contributed by atoms with E-state index in [4.69, 9.17) is 4.74 Å². The Labute approximate surface area is 130 Å². The average molecular weight is 301 g/mol. The van der Waals surface area contributed by atoms with Crippen LogP contribution in [0.1, 0.15) is 17.5 Å². The smallest absolute Gasteiger partial charge is 0.146 e. The van der Waals surface area contributed by atoms with Crippen molar-refractivity contribution in [2.75, 3.05) is 18.6 Å². The Morgan fingerprint density at radius 3 is 2.50 bits per heavy atom. The molecule has 0 saturated carbocycles. The van der Waals surface area contributed by atoms with Gasteiger partial charge in [-0.2, -0.15) is 0 Å². The standard InChI is InChI=1S/C18H20FNO2/c1-14-4-9-18(17(19)12-14)20(10-3-11-21)13-15-5-7-16(22-2)8-6-15/h4-9,11-12H,3,10,13H2,1-2H3. The zero-order valence-electron chi connectivity index (χ0n) is 12.9. The Kier molecular flexibility index (Phi) is 5.53. The first-order valence-corrected chi connectivity index (χ1v) is 7.21. The minimum absolute atomic E-state index is 0.264. The number of carbonyl (C=O) groups excluding carboxylic acids is 1. The number of anilines is 1. The summed E-state index contributed by atoms with van der Waals surface area (Å²) in [6.45, 7) is 2.87. The average Bonchev–Trinajstić information content (AvgIpc) is 2.52. The topological polar surface area (TPSA) is 29.5 Å². The third-order valence-corrected chi connectivity index (χ3v) is 3.49. The van der Waals surface area contributed by atoms with Gasteiger partial charge in [-0.3, -0.25) is 0 Å². The number of rotatable bonds is 7. The normalized spacial score (nSPS) is 10.3. The number of hydrogen-bond donors (Lipinski definition) is 0. The van der Waals surface area contributed by atoms with Crippen LogP contribution in [0.3, 0.4) is 0 Å². The van der Waals surface area contributed by atoms with Crippen molar-refractivity contribution in [3.05, 3.63) is 59.4 Å². The molecular weight excluding hydrogens is 281 g/mol. The summed E-state index contributed by atoms with van der Waals surface area (Å²) < 4.78 is 19.3. The zero-order chi connectivity index (χ0) is 15.9. The molecule has 0 aliphatic heterocycles. The molecule has 0 N–H and O–H groups in total. The molecule has 2 aromatic rings. The highest BCUT2D eigenvalue weighted by Gasteiger charge is 2.12. The second-order valence-corrected chi connectivity index (χ2v) is 5.18. The molecule has 0 spiro atoms. The predicted molar refractivity (Wildman–Crippen MR) is 85.9 cm³/mol. The molecule has 0 aliphatic rings. The van der Waals surface area contributed by atoms with Crippen LogP contribution < -0.4 is 9.64 Å². The van der Waals surface area contributed by atoms with Gasteiger partial charge < -0.3 is 14.4 Å². The molecule has 0 saturated heterocycles. The third kappa shape index (κ3) is 4.07. The van der Waals surface area contributed by atoms with E-state index in [0.717, 1.165) is 23.2 Å². The van der Waals surface area contributed by atoms with Gasteiger partial charge in [0.15, 0.2) is 0 Å². The van der Waals surface area contributed by atoms with Crippen LogP contribution in [0.2, 0.25) is 0 Å². The second-order valence-electron chi connectivity index (χ2n) is 5.18. The van der Waals surface area contributed by atoms with Crippen molar-refractivity contribution in [3.8, 4) is 5.75 Å². The molecule has 0 amide bonds. The molecule has 0 aliphatic carbocycles. The second kappa shape index (κ2) is 7.59. The molecule has 2 aromatic carbocycles. The van der Waals surface area contributed by atoms with E-state index in [0.29, 0.717) is 25.2 Å². The minimum Gasteiger partial charge on any atom is -0.497 e. The van der Waals surface area contributed by atoms with Crippen molar-refractivity contribution in [3.63, 3.8) is 0 Å². The van der Waals surface area contributed by atoms with E-state index in [1.165, 1.54) is 6.07 Å². The monoisotopic (exact) mass is 301 g/mol. The van der Waals surface area contributed by atoms with Gasteiger partial charge in [0.25, 0.3) is 0 Å². The van der Waals surface area contributed by atoms with Crippen LogP contribution in [-0.2, 0) is 11.3 Å². The van der Waals surface area contributed by atoms with Crippen LogP contribution in [0.25, 0.3) is 0 Å². The van der Waals surface area contributed by atoms with E-state index >= 15 is 0 Å². The predicted octanol–water partition coefficient (Wildman–Crippen LogP) is 3.74. The van der Waals surface area contributed by atoms with Crippen molar-refractivity contribution in [2.24, 2.45) is 0 Å². The first-order chi connectivity index (χ1) is 10.6. The quantitative estimate of drug-likeness (QED) is 0.730. The van der Waals surface area contributed by atoms with E-state index in [1.54, 1.807) is 13.2 Å². The highest BCUT2D eigenvalue weighted by atomic mass is 19.1. The Morgan fingerprint density at radius 1 is 1.18 bits per heavy atom. The summed E-state index contributed by atoms with van der Waals surface area (Å²) in [5.74, 6) is 0.518. The van der Waals surface area contributed by atoms with E-state index < -0.39 is 0 Å². The van der Waals surface area contributed by atoms with Crippen molar-refractivity contribution in [1.29, 1.82) is 0 Å². The summed E-state index contributed by atoms with van der Waals surface area (Å²) in [6, 6.07) is 12.8. The first kappa shape index (κ1) is 16.0. The highest BCUT2D eigenvalue weighted by Crippen LogP contribution is 2.23. The Balaban J connectivity index is 2.22. The number of ether oxygens (including phenoxy) is 1. The van der Waals surface area contributed by atoms with Gasteiger partial charge in [-0.1, -0.05) is 18.2 Å². The summed E-state index contributed by atoms with van der Waals surface area (Å²) in [4.78, 5) is 12.6. The molecule has 0 unspecified atom stereocenters. The maximum absolute atomic E-state index is 14.2. The van der Waals surface area contributed by atoms with Crippen LogP contribution >= 0.6 is 0 Å². The fraction of sp³-hybridized carbons (Fsp3) is 0.278. The summed E-state index contributed by atoms with van der Waals surface area (Å²) in [5, 5.41) is 0. The Hall–Kier alpha value is -2.36. The van der Waals surface area contributed by atoms with Gasteiger partial charge in [-0.15, -0.1) is 0 Å². The summed E-state index contributed by atoms with van der Waals surface area (Å²) in [6.07, 6.45) is 1.22. The van der Waals surface area contributed by atoms with E-state index in [-0.39, 0.29) is 5.82 Å². The lowest BCUT2D eigenvalue weighted by atomic mass is 10.1. The number of carbonyl (C=O) groups is 1. The molecule has 0 atom stereocenters. The van der Waals surface area contributed by atoms with Gasteiger partial charge in [-0.05, 0) is 42.3 Å². The van der Waals surface area contributed by atoms with Gasteiger partial charge in [0.2, 0.25) is 0 Å². The largest absolute Gasteiger partial charge is 0.497 e. The van der Waals surface area contributed by atoms with E-state index in [1.807, 2.05) is 42.2 Å². The van der Waals surface area contributed by atoms with E-state index in [2.05, 4.69) is 0 Å². The fourth-order valence-corrected chi connectivity index (χ4v) is 2.31. The molecule has 0 fully saturated rings. The SMILES string of the molecule is COc1ccc(CN(CCC=O)c2ccc(C)cc2F)cc1. The van der Waals surface area contributed by atoms with Crippen LogP contribution in [0, 0.1) is 12.7 Å². The molecule has 0 aromatic heterocycles. The van der Waals surface area contributed by atoms with Gasteiger partial charge in [-0.25, -0.2) is 4.39 Å². The molecule has 2 rings (SSSR count). The molecule has 0 heterocycles. The van der Waals surface area contributed by atoms with E-state index in [9.17, 15) is 9.18 Å². The number of methoxy groups -OCH3 is 1. The molecule has 4 heteroatoms. The third-order valence-electron chi connectivity index (χ3n) is 3.49. The van der Waals surface area contributed by atoms with Crippen molar-refractivity contribution < 1.29 is 13.9 Å². The number of benzene rings is 2. The van der Waals surface area contributed by atoms with Crippen LogP contribution in [0.5, 0.6) is 5.75 Å².